The first-order valence-corrected chi connectivity index (χ1v) is 15.4. The van der Waals surface area contributed by atoms with Crippen LogP contribution in [0.3, 0.4) is 0 Å². The summed E-state index contributed by atoms with van der Waals surface area (Å²) in [6.07, 6.45) is -8.02. The van der Waals surface area contributed by atoms with Crippen molar-refractivity contribution in [3.05, 3.63) is 88.2 Å². The minimum absolute atomic E-state index is 0.0680. The van der Waals surface area contributed by atoms with Crippen LogP contribution in [0.2, 0.25) is 0 Å². The zero-order valence-corrected chi connectivity index (χ0v) is 28.0. The lowest BCUT2D eigenvalue weighted by Crippen LogP contribution is -2.37. The molecule has 1 fully saturated rings. The number of aromatic nitrogens is 1. The number of rotatable bonds is 9. The van der Waals surface area contributed by atoms with Crippen molar-refractivity contribution in [2.24, 2.45) is 5.41 Å². The normalized spacial score (nSPS) is 20.4. The van der Waals surface area contributed by atoms with Crippen molar-refractivity contribution < 1.29 is 50.5 Å². The Kier molecular flexibility index (Phi) is 10.5. The fraction of sp³-hybridized carbons (Fsp3) is 0.417. The lowest BCUT2D eigenvalue weighted by atomic mass is 9.72. The lowest BCUT2D eigenvalue weighted by Gasteiger charge is -2.35. The van der Waals surface area contributed by atoms with Crippen molar-refractivity contribution in [1.82, 2.24) is 9.88 Å². The number of pyridine rings is 1. The van der Waals surface area contributed by atoms with Crippen LogP contribution in [0.5, 0.6) is 5.88 Å². The predicted octanol–water partition coefficient (Wildman–Crippen LogP) is 9.49. The van der Waals surface area contributed by atoms with E-state index in [1.807, 2.05) is 6.07 Å². The van der Waals surface area contributed by atoms with Crippen LogP contribution >= 0.6 is 0 Å². The van der Waals surface area contributed by atoms with Gasteiger partial charge in [-0.1, -0.05) is 26.5 Å². The van der Waals surface area contributed by atoms with Crippen LogP contribution < -0.4 is 4.74 Å². The number of nitrogens with zero attached hydrogens (tertiary/aromatic N) is 2. The van der Waals surface area contributed by atoms with Gasteiger partial charge in [0.1, 0.15) is 6.10 Å². The minimum Gasteiger partial charge on any atom is -0.481 e. The largest absolute Gasteiger partial charge is 0.481 e. The molecule has 1 aromatic carbocycles. The highest BCUT2D eigenvalue weighted by atomic mass is 19.4. The van der Waals surface area contributed by atoms with Crippen LogP contribution in [-0.4, -0.2) is 65.2 Å². The highest BCUT2D eigenvalue weighted by Gasteiger charge is 2.43. The number of carboxylic acids is 1. The molecule has 0 bridgehead atoms. The summed E-state index contributed by atoms with van der Waals surface area (Å²) in [5, 5.41) is 9.39. The molecule has 0 radical (unpaired) electrons. The first-order valence-electron chi connectivity index (χ1n) is 15.4. The molecule has 49 heavy (non-hydrogen) atoms. The Morgan fingerprint density at radius 1 is 1.14 bits per heavy atom. The number of carbonyl (C=O) groups is 2. The number of methoxy groups -OCH3 is 1. The second kappa shape index (κ2) is 13.8. The number of ether oxygens (including phenoxy) is 2. The summed E-state index contributed by atoms with van der Waals surface area (Å²) < 4.78 is 91.4. The number of halogens is 6. The molecule has 0 spiro atoms. The zero-order valence-electron chi connectivity index (χ0n) is 28.0. The average molecular weight is 693 g/mol. The van der Waals surface area contributed by atoms with Crippen LogP contribution in [0.4, 0.5) is 31.1 Å². The molecule has 2 heterocycles. The fourth-order valence-electron chi connectivity index (χ4n) is 6.28. The van der Waals surface area contributed by atoms with Crippen LogP contribution in [0, 0.1) is 12.3 Å². The minimum atomic E-state index is -5.12. The summed E-state index contributed by atoms with van der Waals surface area (Å²) in [7, 11) is 1.48. The molecule has 0 unspecified atom stereocenters. The molecular formula is C36H38F6N2O5. The predicted molar refractivity (Wildman–Crippen MR) is 172 cm³/mol. The van der Waals surface area contributed by atoms with Crippen molar-refractivity contribution in [1.29, 1.82) is 0 Å². The second-order valence-corrected chi connectivity index (χ2v) is 13.2. The van der Waals surface area contributed by atoms with E-state index >= 15 is 0 Å². The molecule has 7 nitrogen and oxygen atoms in total. The SMILES string of the molecule is C=C(/C=C(\C=C(/C)[C@H]1OC(=O)N(CC2=C(c3cc(-c4ccc(C(=O)O)cc4C)cnc3OC)CCC(C)(C)C2)[C@H]1C)C(F)(F)F)C(F)(F)F. The van der Waals surface area contributed by atoms with Gasteiger partial charge in [-0.3, -0.25) is 4.90 Å². The monoisotopic (exact) mass is 692 g/mol. The van der Waals surface area contributed by atoms with E-state index in [9.17, 15) is 41.0 Å². The Balaban J connectivity index is 1.73. The summed E-state index contributed by atoms with van der Waals surface area (Å²) in [4.78, 5) is 30.6. The van der Waals surface area contributed by atoms with Gasteiger partial charge >= 0.3 is 24.4 Å². The summed E-state index contributed by atoms with van der Waals surface area (Å²) >= 11 is 0. The van der Waals surface area contributed by atoms with Gasteiger partial charge in [0.25, 0.3) is 0 Å². The maximum atomic E-state index is 13.7. The van der Waals surface area contributed by atoms with E-state index < -0.39 is 47.7 Å². The number of amides is 1. The number of allylic oxidation sites excluding steroid dienone is 5. The zero-order chi connectivity index (χ0) is 36.6. The van der Waals surface area contributed by atoms with Crippen LogP contribution in [-0.2, 0) is 4.74 Å². The van der Waals surface area contributed by atoms with E-state index in [-0.39, 0.29) is 29.2 Å². The van der Waals surface area contributed by atoms with Gasteiger partial charge in [-0.15, -0.1) is 0 Å². The molecule has 0 saturated carbocycles. The number of carboxylic acid groups (broad SMARTS) is 1. The Labute approximate surface area is 280 Å². The van der Waals surface area contributed by atoms with E-state index in [4.69, 9.17) is 9.47 Å². The molecule has 2 aromatic rings. The number of alkyl halides is 6. The van der Waals surface area contributed by atoms with E-state index in [1.54, 1.807) is 32.2 Å². The third-order valence-electron chi connectivity index (χ3n) is 8.93. The molecular weight excluding hydrogens is 654 g/mol. The van der Waals surface area contributed by atoms with Gasteiger partial charge in [-0.05, 0) is 104 Å². The number of cyclic esters (lactones) is 1. The Bertz CT molecular complexity index is 1750. The van der Waals surface area contributed by atoms with Crippen molar-refractivity contribution in [2.75, 3.05) is 13.7 Å². The van der Waals surface area contributed by atoms with E-state index in [0.717, 1.165) is 34.3 Å². The average Bonchev–Trinajstić information content (AvgIpc) is 3.27. The Hall–Kier alpha value is -4.55. The third-order valence-corrected chi connectivity index (χ3v) is 8.93. The van der Waals surface area contributed by atoms with Gasteiger partial charge in [-0.25, -0.2) is 14.6 Å². The Morgan fingerprint density at radius 2 is 1.82 bits per heavy atom. The van der Waals surface area contributed by atoms with Crippen LogP contribution in [0.25, 0.3) is 16.7 Å². The topological polar surface area (TPSA) is 89.0 Å². The molecule has 1 saturated heterocycles. The summed E-state index contributed by atoms with van der Waals surface area (Å²) in [5.41, 5.74) is 1.34. The van der Waals surface area contributed by atoms with Crippen molar-refractivity contribution in [2.45, 2.75) is 78.4 Å². The van der Waals surface area contributed by atoms with E-state index in [2.05, 4.69) is 25.4 Å². The fourth-order valence-corrected chi connectivity index (χ4v) is 6.28. The molecule has 264 valence electrons. The second-order valence-electron chi connectivity index (χ2n) is 13.2. The number of aromatic carboxylic acids is 1. The van der Waals surface area contributed by atoms with Gasteiger partial charge in [0.15, 0.2) is 0 Å². The number of carbonyl (C=O) groups excluding carboxylic acids is 1. The molecule has 1 aromatic heterocycles. The first kappa shape index (κ1) is 37.3. The standard InChI is InChI=1S/C36H38F6N2O5/c1-19-12-23(32(45)46)8-9-27(19)24-15-29(31(48-7)43-17-24)28-10-11-34(5,6)16-25(28)18-44-22(4)30(49-33(44)47)20(2)13-26(36(40,41)42)14-21(3)35(37,38)39/h8-9,12-15,17,22,30H,3,10-11,16,18H2,1-2,4-7H3,(H,45,46)/b20-13+,26-14+/t22-,30+/m0/s1. The highest BCUT2D eigenvalue weighted by molar-refractivity contribution is 5.89. The summed E-state index contributed by atoms with van der Waals surface area (Å²) in [6.45, 7) is 11.7. The van der Waals surface area contributed by atoms with Crippen LogP contribution in [0.1, 0.15) is 68.4 Å². The maximum absolute atomic E-state index is 13.7. The van der Waals surface area contributed by atoms with Gasteiger partial charge in [0, 0.05) is 29.4 Å². The molecule has 1 N–H and O–H groups in total. The smallest absolute Gasteiger partial charge is 0.416 e. The summed E-state index contributed by atoms with van der Waals surface area (Å²) in [5.74, 6) is -0.702. The number of hydrogen-bond acceptors (Lipinski definition) is 5. The van der Waals surface area contributed by atoms with E-state index in [1.165, 1.54) is 25.0 Å². The lowest BCUT2D eigenvalue weighted by molar-refractivity contribution is -0.0932. The third kappa shape index (κ3) is 8.37. The van der Waals surface area contributed by atoms with Crippen molar-refractivity contribution in [3.63, 3.8) is 0 Å². The van der Waals surface area contributed by atoms with E-state index in [0.29, 0.717) is 30.4 Å². The maximum Gasteiger partial charge on any atom is 0.416 e. The van der Waals surface area contributed by atoms with Gasteiger partial charge in [-0.2, -0.15) is 26.3 Å². The molecule has 2 atom stereocenters. The van der Waals surface area contributed by atoms with Gasteiger partial charge < -0.3 is 14.6 Å². The quantitative estimate of drug-likeness (QED) is 0.208. The first-order chi connectivity index (χ1) is 22.6. The molecule has 1 aliphatic heterocycles. The van der Waals surface area contributed by atoms with Gasteiger partial charge in [0.05, 0.1) is 24.3 Å². The molecule has 1 amide bonds. The van der Waals surface area contributed by atoms with Crippen LogP contribution in [0.15, 0.2) is 71.5 Å². The molecule has 4 rings (SSSR count). The number of benzene rings is 1. The Morgan fingerprint density at radius 3 is 2.39 bits per heavy atom. The molecule has 2 aliphatic rings. The van der Waals surface area contributed by atoms with Crippen molar-refractivity contribution in [3.8, 4) is 17.0 Å². The van der Waals surface area contributed by atoms with Gasteiger partial charge in [0.2, 0.25) is 5.88 Å². The molecule has 1 aliphatic carbocycles. The number of aryl methyl sites for hydroxylation is 1. The van der Waals surface area contributed by atoms with Crippen molar-refractivity contribution >= 4 is 17.6 Å². The summed E-state index contributed by atoms with van der Waals surface area (Å²) in [6, 6.07) is 5.94. The highest BCUT2D eigenvalue weighted by Crippen LogP contribution is 2.46. The number of hydrogen-bond donors (Lipinski definition) is 1. The molecule has 13 heteroatoms.